The summed E-state index contributed by atoms with van der Waals surface area (Å²) in [6, 6.07) is 3.36. The molecule has 2 aromatic rings. The molecule has 0 saturated heterocycles. The molecule has 0 amide bonds. The van der Waals surface area contributed by atoms with Crippen molar-refractivity contribution in [1.29, 1.82) is 0 Å². The lowest BCUT2D eigenvalue weighted by molar-refractivity contribution is 0.0979. The van der Waals surface area contributed by atoms with Crippen molar-refractivity contribution in [1.82, 2.24) is 0 Å². The van der Waals surface area contributed by atoms with E-state index < -0.39 is 0 Å². The molecule has 1 aromatic carbocycles. The van der Waals surface area contributed by atoms with Crippen LogP contribution in [0.15, 0.2) is 34.8 Å². The summed E-state index contributed by atoms with van der Waals surface area (Å²) in [5.41, 5.74) is 1.28. The number of carbonyl (C=O) groups excluding carboxylic acids is 2. The molecule has 0 saturated carbocycles. The van der Waals surface area contributed by atoms with Crippen molar-refractivity contribution < 1.29 is 19.1 Å². The Hall–Kier alpha value is -2.62. The molecule has 0 atom stereocenters. The van der Waals surface area contributed by atoms with Gasteiger partial charge in [0.15, 0.2) is 17.3 Å². The Morgan fingerprint density at radius 2 is 1.86 bits per heavy atom. The maximum absolute atomic E-state index is 11.9. The van der Waals surface area contributed by atoms with Crippen LogP contribution < -0.4 is 0 Å². The summed E-state index contributed by atoms with van der Waals surface area (Å²) in [6.07, 6.45) is 7.30. The van der Waals surface area contributed by atoms with Gasteiger partial charge in [0.25, 0.3) is 0 Å². The maximum atomic E-state index is 11.9. The highest BCUT2D eigenvalue weighted by atomic mass is 16.4. The second-order valence-corrected chi connectivity index (χ2v) is 4.68. The van der Waals surface area contributed by atoms with E-state index in [2.05, 4.69) is 0 Å². The van der Waals surface area contributed by atoms with Crippen molar-refractivity contribution in [2.75, 3.05) is 0 Å². The highest BCUT2D eigenvalue weighted by molar-refractivity contribution is 6.11. The van der Waals surface area contributed by atoms with Crippen molar-refractivity contribution in [2.45, 2.75) is 20.8 Å². The zero-order valence-corrected chi connectivity index (χ0v) is 12.1. The fourth-order valence-corrected chi connectivity index (χ4v) is 2.17. The van der Waals surface area contributed by atoms with Crippen LogP contribution in [-0.4, -0.2) is 16.7 Å². The number of benzene rings is 1. The van der Waals surface area contributed by atoms with E-state index >= 15 is 0 Å². The molecule has 2 rings (SSSR count). The van der Waals surface area contributed by atoms with Gasteiger partial charge in [-0.3, -0.25) is 9.59 Å². The summed E-state index contributed by atoms with van der Waals surface area (Å²) in [7, 11) is 0. The van der Waals surface area contributed by atoms with Crippen LogP contribution in [0.5, 0.6) is 5.75 Å². The molecule has 4 nitrogen and oxygen atoms in total. The highest BCUT2D eigenvalue weighted by Crippen LogP contribution is 2.36. The van der Waals surface area contributed by atoms with Crippen LogP contribution in [0.1, 0.15) is 47.2 Å². The van der Waals surface area contributed by atoms with E-state index in [0.717, 1.165) is 0 Å². The number of carbonyl (C=O) groups is 2. The molecule has 1 heterocycles. The number of allylic oxidation sites excluding steroid dienone is 3. The first-order valence-corrected chi connectivity index (χ1v) is 6.57. The fraction of sp³-hybridized carbons (Fsp3) is 0.176. The first kappa shape index (κ1) is 14.8. The van der Waals surface area contributed by atoms with E-state index in [-0.39, 0.29) is 28.7 Å². The molecular formula is C17H16O4. The van der Waals surface area contributed by atoms with Crippen molar-refractivity contribution in [3.8, 4) is 5.75 Å². The number of Topliss-reactive ketones (excluding diaryl/α,β-unsaturated/α-hetero) is 2. The quantitative estimate of drug-likeness (QED) is 0.677. The Balaban J connectivity index is 2.77. The van der Waals surface area contributed by atoms with E-state index in [4.69, 9.17) is 4.42 Å². The van der Waals surface area contributed by atoms with Crippen LogP contribution in [-0.2, 0) is 0 Å². The highest BCUT2D eigenvalue weighted by Gasteiger charge is 2.22. The zero-order valence-electron chi connectivity index (χ0n) is 12.1. The molecule has 0 unspecified atom stereocenters. The third-order valence-corrected chi connectivity index (χ3v) is 3.12. The molecule has 0 radical (unpaired) electrons. The Morgan fingerprint density at radius 3 is 2.43 bits per heavy atom. The molecule has 4 heteroatoms. The first-order valence-electron chi connectivity index (χ1n) is 6.57. The second kappa shape index (κ2) is 5.79. The van der Waals surface area contributed by atoms with Crippen molar-refractivity contribution >= 4 is 28.6 Å². The van der Waals surface area contributed by atoms with Crippen LogP contribution in [0.3, 0.4) is 0 Å². The van der Waals surface area contributed by atoms with Crippen molar-refractivity contribution in [2.24, 2.45) is 0 Å². The summed E-state index contributed by atoms with van der Waals surface area (Å²) in [6.45, 7) is 4.62. The average molecular weight is 284 g/mol. The van der Waals surface area contributed by atoms with Crippen LogP contribution >= 0.6 is 0 Å². The van der Waals surface area contributed by atoms with E-state index in [1.54, 1.807) is 18.2 Å². The summed E-state index contributed by atoms with van der Waals surface area (Å²) in [5.74, 6) is -0.917. The van der Waals surface area contributed by atoms with Crippen LogP contribution in [0, 0.1) is 0 Å². The third-order valence-electron chi connectivity index (χ3n) is 3.12. The molecule has 0 bridgehead atoms. The van der Waals surface area contributed by atoms with Crippen LogP contribution in [0.2, 0.25) is 0 Å². The van der Waals surface area contributed by atoms with Crippen molar-refractivity contribution in [3.63, 3.8) is 0 Å². The summed E-state index contributed by atoms with van der Waals surface area (Å²) in [5, 5.41) is 10.4. The lowest BCUT2D eigenvalue weighted by Gasteiger charge is -2.02. The Bertz CT molecular complexity index is 776. The maximum Gasteiger partial charge on any atom is 0.212 e. The molecule has 108 valence electrons. The topological polar surface area (TPSA) is 67.5 Å². The van der Waals surface area contributed by atoms with Gasteiger partial charge in [0.2, 0.25) is 5.76 Å². The van der Waals surface area contributed by atoms with Gasteiger partial charge in [-0.05, 0) is 25.5 Å². The molecule has 1 N–H and O–H groups in total. The zero-order chi connectivity index (χ0) is 15.6. The van der Waals surface area contributed by atoms with Crippen LogP contribution in [0.4, 0.5) is 0 Å². The summed E-state index contributed by atoms with van der Waals surface area (Å²) < 4.78 is 5.43. The largest absolute Gasteiger partial charge is 0.504 e. The van der Waals surface area contributed by atoms with Gasteiger partial charge >= 0.3 is 0 Å². The number of fused-ring (bicyclic) bond motifs is 1. The SMILES string of the molecule is C/C=C/C=C/c1ccc2c(O)c(C(C)=O)oc2c1C(C)=O. The van der Waals surface area contributed by atoms with Gasteiger partial charge in [0.05, 0.1) is 10.9 Å². The molecule has 0 aliphatic heterocycles. The fourth-order valence-electron chi connectivity index (χ4n) is 2.17. The van der Waals surface area contributed by atoms with Crippen molar-refractivity contribution in [3.05, 3.63) is 47.2 Å². The summed E-state index contributed by atoms with van der Waals surface area (Å²) >= 11 is 0. The van der Waals surface area contributed by atoms with E-state index in [9.17, 15) is 14.7 Å². The molecule has 0 fully saturated rings. The monoisotopic (exact) mass is 284 g/mol. The Labute approximate surface area is 122 Å². The molecule has 0 spiro atoms. The standard InChI is InChI=1S/C17H16O4/c1-4-5-6-7-12-8-9-13-15(20)16(11(3)19)21-17(13)14(12)10(2)18/h4-9,20H,1-3H3/b5-4+,7-6+. The Kier molecular flexibility index (Phi) is 4.08. The number of ketones is 2. The number of hydrogen-bond acceptors (Lipinski definition) is 4. The van der Waals surface area contributed by atoms with Crippen LogP contribution in [0.25, 0.3) is 17.0 Å². The van der Waals surface area contributed by atoms with Gasteiger partial charge in [0.1, 0.15) is 5.58 Å². The van der Waals surface area contributed by atoms with Gasteiger partial charge in [-0.15, -0.1) is 0 Å². The minimum Gasteiger partial charge on any atom is -0.504 e. The average Bonchev–Trinajstić information content (AvgIpc) is 2.76. The van der Waals surface area contributed by atoms with Gasteiger partial charge in [0, 0.05) is 6.92 Å². The predicted molar refractivity (Wildman–Crippen MR) is 81.7 cm³/mol. The van der Waals surface area contributed by atoms with E-state index in [0.29, 0.717) is 16.5 Å². The molecule has 0 aliphatic rings. The third kappa shape index (κ3) is 2.65. The molecule has 21 heavy (non-hydrogen) atoms. The van der Waals surface area contributed by atoms with Gasteiger partial charge in [-0.25, -0.2) is 0 Å². The van der Waals surface area contributed by atoms with E-state index in [1.807, 2.05) is 25.2 Å². The van der Waals surface area contributed by atoms with Gasteiger partial charge in [-0.2, -0.15) is 0 Å². The molecule has 0 aliphatic carbocycles. The van der Waals surface area contributed by atoms with Gasteiger partial charge in [-0.1, -0.05) is 30.4 Å². The molecular weight excluding hydrogens is 268 g/mol. The lowest BCUT2D eigenvalue weighted by atomic mass is 10.0. The second-order valence-electron chi connectivity index (χ2n) is 4.68. The summed E-state index contributed by atoms with van der Waals surface area (Å²) in [4.78, 5) is 23.4. The van der Waals surface area contributed by atoms with E-state index in [1.165, 1.54) is 13.8 Å². The molecule has 1 aromatic heterocycles. The smallest absolute Gasteiger partial charge is 0.212 e. The number of aromatic hydroxyl groups is 1. The van der Waals surface area contributed by atoms with Gasteiger partial charge < -0.3 is 9.52 Å². The lowest BCUT2D eigenvalue weighted by Crippen LogP contribution is -1.96. The minimum atomic E-state index is -0.385. The number of furan rings is 1. The normalized spacial score (nSPS) is 11.8. The number of hydrogen-bond donors (Lipinski definition) is 1. The minimum absolute atomic E-state index is 0.123. The Morgan fingerprint density at radius 1 is 1.14 bits per heavy atom. The predicted octanol–water partition coefficient (Wildman–Crippen LogP) is 4.13. The first-order chi connectivity index (χ1) is 9.97. The number of rotatable bonds is 4.